The number of aromatic amines is 2. The number of aryl methyl sites for hydroxylation is 1. The van der Waals surface area contributed by atoms with Gasteiger partial charge in [0.05, 0.1) is 49.4 Å². The first-order valence-electron chi connectivity index (χ1n) is 15.2. The van der Waals surface area contributed by atoms with E-state index in [4.69, 9.17) is 18.9 Å². The lowest BCUT2D eigenvalue weighted by atomic mass is 9.96. The number of imidazole rings is 2. The summed E-state index contributed by atoms with van der Waals surface area (Å²) < 4.78 is 24.4. The van der Waals surface area contributed by atoms with Crippen LogP contribution in [0.4, 0.5) is 0 Å². The molecule has 0 fully saturated rings. The van der Waals surface area contributed by atoms with Crippen LogP contribution in [0.2, 0.25) is 0 Å². The second kappa shape index (κ2) is 13.0. The van der Waals surface area contributed by atoms with Crippen molar-refractivity contribution in [3.8, 4) is 45.0 Å². The van der Waals surface area contributed by atoms with Crippen molar-refractivity contribution in [2.24, 2.45) is 5.92 Å². The van der Waals surface area contributed by atoms with Crippen LogP contribution in [0.25, 0.3) is 44.5 Å². The highest BCUT2D eigenvalue weighted by Crippen LogP contribution is 2.45. The molecule has 224 valence electrons. The van der Waals surface area contributed by atoms with E-state index in [-0.39, 0.29) is 0 Å². The molecule has 8 nitrogen and oxygen atoms in total. The third-order valence-electron chi connectivity index (χ3n) is 8.14. The van der Waals surface area contributed by atoms with Crippen molar-refractivity contribution in [1.82, 2.24) is 19.9 Å². The molecule has 0 amide bonds. The predicted octanol–water partition coefficient (Wildman–Crippen LogP) is 7.41. The fourth-order valence-electron chi connectivity index (χ4n) is 5.29. The summed E-state index contributed by atoms with van der Waals surface area (Å²) in [5, 5.41) is 0. The first kappa shape index (κ1) is 29.0. The molecule has 0 spiro atoms. The Bertz CT molecular complexity index is 1670. The minimum Gasteiger partial charge on any atom is -0.487 e. The van der Waals surface area contributed by atoms with Crippen LogP contribution in [0.1, 0.15) is 45.3 Å². The van der Waals surface area contributed by atoms with Gasteiger partial charge in [0.25, 0.3) is 0 Å². The lowest BCUT2D eigenvalue weighted by Gasteiger charge is -2.21. The number of hydrogen-bond acceptors (Lipinski definition) is 6. The van der Waals surface area contributed by atoms with E-state index in [1.165, 1.54) is 0 Å². The van der Waals surface area contributed by atoms with E-state index < -0.39 is 0 Å². The van der Waals surface area contributed by atoms with Gasteiger partial charge in [-0.1, -0.05) is 58.0 Å². The highest BCUT2D eigenvalue weighted by atomic mass is 16.6. The molecular weight excluding hydrogens is 540 g/mol. The van der Waals surface area contributed by atoms with Gasteiger partial charge in [-0.05, 0) is 46.9 Å². The Balaban J connectivity index is 1.39. The van der Waals surface area contributed by atoms with Crippen molar-refractivity contribution in [2.75, 3.05) is 39.6 Å². The van der Waals surface area contributed by atoms with Gasteiger partial charge in [0.15, 0.2) is 11.5 Å². The van der Waals surface area contributed by atoms with Crippen LogP contribution in [0, 0.1) is 5.92 Å². The van der Waals surface area contributed by atoms with Gasteiger partial charge in [-0.15, -0.1) is 0 Å². The van der Waals surface area contributed by atoms with Crippen molar-refractivity contribution in [3.63, 3.8) is 0 Å². The van der Waals surface area contributed by atoms with Crippen molar-refractivity contribution >= 4 is 11.0 Å². The maximum absolute atomic E-state index is 6.46. The van der Waals surface area contributed by atoms with Gasteiger partial charge in [0.1, 0.15) is 24.9 Å². The van der Waals surface area contributed by atoms with E-state index in [0.717, 1.165) is 62.6 Å². The van der Waals surface area contributed by atoms with Crippen molar-refractivity contribution < 1.29 is 18.9 Å². The number of fused-ring (bicyclic) bond motifs is 2. The normalized spacial score (nSPS) is 15.3. The summed E-state index contributed by atoms with van der Waals surface area (Å²) in [6.45, 7) is 11.5. The smallest absolute Gasteiger partial charge is 0.169 e. The molecule has 2 N–H and O–H groups in total. The second-order valence-corrected chi connectivity index (χ2v) is 11.3. The van der Waals surface area contributed by atoms with Crippen LogP contribution in [0.15, 0.2) is 60.8 Å². The van der Waals surface area contributed by atoms with Crippen LogP contribution in [-0.4, -0.2) is 59.6 Å². The quantitative estimate of drug-likeness (QED) is 0.217. The van der Waals surface area contributed by atoms with Gasteiger partial charge in [0.2, 0.25) is 0 Å². The minimum atomic E-state index is 0.363. The Labute approximate surface area is 252 Å². The maximum Gasteiger partial charge on any atom is 0.169 e. The number of nitrogens with zero attached hydrogens (tertiary/aromatic N) is 2. The van der Waals surface area contributed by atoms with E-state index in [1.54, 1.807) is 0 Å². The third kappa shape index (κ3) is 6.31. The number of benzene rings is 3. The number of nitrogens with one attached hydrogen (secondary N) is 2. The van der Waals surface area contributed by atoms with Crippen LogP contribution in [0.3, 0.4) is 0 Å². The van der Waals surface area contributed by atoms with Crippen LogP contribution in [0.5, 0.6) is 11.5 Å². The Morgan fingerprint density at radius 2 is 1.33 bits per heavy atom. The summed E-state index contributed by atoms with van der Waals surface area (Å²) in [5.74, 6) is 4.26. The average molecular weight is 581 g/mol. The minimum absolute atomic E-state index is 0.363. The van der Waals surface area contributed by atoms with Gasteiger partial charge >= 0.3 is 0 Å². The van der Waals surface area contributed by atoms with Gasteiger partial charge in [-0.2, -0.15) is 0 Å². The van der Waals surface area contributed by atoms with Crippen molar-refractivity contribution in [3.05, 3.63) is 72.4 Å². The van der Waals surface area contributed by atoms with Gasteiger partial charge in [-0.25, -0.2) is 9.97 Å². The van der Waals surface area contributed by atoms with E-state index in [2.05, 4.69) is 102 Å². The largest absolute Gasteiger partial charge is 0.487 e. The zero-order valence-electron chi connectivity index (χ0n) is 25.4. The molecule has 1 aliphatic heterocycles. The molecule has 3 aromatic carbocycles. The van der Waals surface area contributed by atoms with E-state index >= 15 is 0 Å². The maximum atomic E-state index is 6.46. The highest BCUT2D eigenvalue weighted by molar-refractivity contribution is 5.88. The van der Waals surface area contributed by atoms with Crippen LogP contribution < -0.4 is 9.47 Å². The monoisotopic (exact) mass is 580 g/mol. The molecular formula is C35H40N4O4. The first-order valence-corrected chi connectivity index (χ1v) is 15.2. The summed E-state index contributed by atoms with van der Waals surface area (Å²) in [4.78, 5) is 16.3. The number of H-pyrrole nitrogens is 2. The lowest BCUT2D eigenvalue weighted by molar-refractivity contribution is 0.0225. The van der Waals surface area contributed by atoms with Gasteiger partial charge in [-0.3, -0.25) is 0 Å². The third-order valence-corrected chi connectivity index (χ3v) is 8.14. The summed E-state index contributed by atoms with van der Waals surface area (Å²) in [6.07, 6.45) is 2.77. The molecule has 1 aliphatic rings. The highest BCUT2D eigenvalue weighted by Gasteiger charge is 2.21. The molecule has 0 aliphatic carbocycles. The molecule has 0 saturated heterocycles. The summed E-state index contributed by atoms with van der Waals surface area (Å²) in [7, 11) is 0. The molecule has 8 heteroatoms. The van der Waals surface area contributed by atoms with Crippen molar-refractivity contribution in [1.29, 1.82) is 0 Å². The molecule has 0 saturated carbocycles. The molecule has 2 aromatic heterocycles. The van der Waals surface area contributed by atoms with E-state index in [1.807, 2.05) is 6.20 Å². The standard InChI is InChI=1S/C35H40N4O4/c1-5-32-37-29-13-10-26(20-30(29)38-32)28-12-11-27(33-34(28)43-19-17-41-15-14-40-16-18-42-33)24-6-8-25(9-7-24)31-21-36-35(39-31)23(4)22(2)3/h6-13,20-23H,5,14-19H2,1-4H3,(H,36,39)(H,37,38)/t23-/m1/s1. The number of aromatic nitrogens is 4. The summed E-state index contributed by atoms with van der Waals surface area (Å²) in [5.41, 5.74) is 8.01. The summed E-state index contributed by atoms with van der Waals surface area (Å²) >= 11 is 0. The predicted molar refractivity (Wildman–Crippen MR) is 170 cm³/mol. The lowest BCUT2D eigenvalue weighted by Crippen LogP contribution is -2.16. The molecule has 5 aromatic rings. The molecule has 0 unspecified atom stereocenters. The molecule has 3 heterocycles. The second-order valence-electron chi connectivity index (χ2n) is 11.3. The summed E-state index contributed by atoms with van der Waals surface area (Å²) in [6, 6.07) is 19.0. The molecule has 0 bridgehead atoms. The number of hydrogen-bond donors (Lipinski definition) is 2. The van der Waals surface area contributed by atoms with E-state index in [9.17, 15) is 0 Å². The Morgan fingerprint density at radius 3 is 1.98 bits per heavy atom. The number of ether oxygens (including phenoxy) is 4. The fourth-order valence-corrected chi connectivity index (χ4v) is 5.29. The molecule has 0 radical (unpaired) electrons. The SMILES string of the molecule is CCc1nc2ccc(-c3ccc(-c4ccc(-c5cnc([C@H](C)C(C)C)[nH]5)cc4)c4c3OCCOCCOCCO4)cc2[nH]1. The topological polar surface area (TPSA) is 94.3 Å². The average Bonchev–Trinajstić information content (AvgIpc) is 3.68. The van der Waals surface area contributed by atoms with Crippen molar-refractivity contribution in [2.45, 2.75) is 40.0 Å². The Morgan fingerprint density at radius 1 is 0.721 bits per heavy atom. The molecule has 43 heavy (non-hydrogen) atoms. The Kier molecular flexibility index (Phi) is 8.77. The Hall–Kier alpha value is -4.14. The van der Waals surface area contributed by atoms with E-state index in [0.29, 0.717) is 63.0 Å². The molecule has 6 rings (SSSR count). The van der Waals surface area contributed by atoms with Gasteiger partial charge < -0.3 is 28.9 Å². The first-order chi connectivity index (χ1) is 21.0. The van der Waals surface area contributed by atoms with Crippen LogP contribution in [-0.2, 0) is 15.9 Å². The van der Waals surface area contributed by atoms with Crippen LogP contribution >= 0.6 is 0 Å². The van der Waals surface area contributed by atoms with Gasteiger partial charge in [0, 0.05) is 23.5 Å². The fraction of sp³-hybridized carbons (Fsp3) is 0.371. The zero-order valence-corrected chi connectivity index (χ0v) is 25.4. The number of rotatable bonds is 6. The molecule has 1 atom stereocenters. The zero-order chi connectivity index (χ0) is 29.8.